The van der Waals surface area contributed by atoms with Gasteiger partial charge in [-0.25, -0.2) is 0 Å². The summed E-state index contributed by atoms with van der Waals surface area (Å²) in [5.41, 5.74) is 0.237. The van der Waals surface area contributed by atoms with Crippen LogP contribution in [-0.4, -0.2) is 16.5 Å². The van der Waals surface area contributed by atoms with E-state index in [0.717, 1.165) is 0 Å². The van der Waals surface area contributed by atoms with Crippen LogP contribution in [0.5, 0.6) is 0 Å². The van der Waals surface area contributed by atoms with Crippen molar-refractivity contribution in [2.45, 2.75) is 0 Å². The van der Waals surface area contributed by atoms with Crippen molar-refractivity contribution >= 4 is 11.5 Å². The molecule has 1 aliphatic heterocycles. The molecule has 0 bridgehead atoms. The number of H-pyrrole nitrogens is 1. The molecule has 0 atom stereocenters. The Kier molecular flexibility index (Phi) is 1.28. The zero-order valence-electron chi connectivity index (χ0n) is 5.72. The zero-order chi connectivity index (χ0) is 7.68. The molecule has 57 valence electrons. The number of hydrogen-bond donors (Lipinski definition) is 3. The number of aromatic amines is 1. The molecule has 1 aromatic heterocycles. The Balaban J connectivity index is 2.58. The molecule has 0 aromatic carbocycles. The lowest BCUT2D eigenvalue weighted by Crippen LogP contribution is -2.24. The van der Waals surface area contributed by atoms with Gasteiger partial charge in [-0.15, -0.1) is 0 Å². The van der Waals surface area contributed by atoms with E-state index in [4.69, 9.17) is 0 Å². The maximum absolute atomic E-state index is 11.0. The first-order chi connectivity index (χ1) is 5.38. The Morgan fingerprint density at radius 1 is 1.55 bits per heavy atom. The van der Waals surface area contributed by atoms with Gasteiger partial charge >= 0.3 is 0 Å². The topological polar surface area (TPSA) is 69.8 Å². The van der Waals surface area contributed by atoms with Gasteiger partial charge in [0.1, 0.15) is 11.5 Å². The molecular weight excluding hydrogens is 144 g/mol. The van der Waals surface area contributed by atoms with Crippen LogP contribution >= 0.6 is 0 Å². The lowest BCUT2D eigenvalue weighted by atomic mass is 10.4. The molecule has 0 saturated heterocycles. The van der Waals surface area contributed by atoms with Gasteiger partial charge in [-0.05, 0) is 0 Å². The van der Waals surface area contributed by atoms with E-state index in [0.29, 0.717) is 18.1 Å². The van der Waals surface area contributed by atoms with Gasteiger partial charge in [-0.1, -0.05) is 0 Å². The first-order valence-electron chi connectivity index (χ1n) is 3.28. The minimum atomic E-state index is -0.248. The highest BCUT2D eigenvalue weighted by molar-refractivity contribution is 5.65. The van der Waals surface area contributed by atoms with Gasteiger partial charge in [0, 0.05) is 6.54 Å². The molecule has 0 spiro atoms. The molecule has 11 heavy (non-hydrogen) atoms. The van der Waals surface area contributed by atoms with Crippen LogP contribution in [0.1, 0.15) is 0 Å². The molecule has 0 unspecified atom stereocenters. The predicted octanol–water partition coefficient (Wildman–Crippen LogP) is -0.231. The molecule has 5 nitrogen and oxygen atoms in total. The molecule has 0 saturated carbocycles. The number of nitrogens with zero attached hydrogens (tertiary/aromatic N) is 1. The molecular formula is C6H7N4O. The standard InChI is InChI=1S/C6H7N4O/c11-6-4-5(9-3-10-6)8-2-1-7-4/h1,3,7H,2H2,(H2,8,9,10,11). The van der Waals surface area contributed by atoms with E-state index in [9.17, 15) is 4.79 Å². The summed E-state index contributed by atoms with van der Waals surface area (Å²) in [6.45, 7) is 2.46. The number of aromatic nitrogens is 2. The summed E-state index contributed by atoms with van der Waals surface area (Å²) in [7, 11) is 0. The molecule has 2 rings (SSSR count). The predicted molar refractivity (Wildman–Crippen MR) is 41.3 cm³/mol. The summed E-state index contributed by atoms with van der Waals surface area (Å²) >= 11 is 0. The fraction of sp³-hybridized carbons (Fsp3) is 0.167. The van der Waals surface area contributed by atoms with Crippen LogP contribution in [0, 0.1) is 6.54 Å². The molecule has 0 aliphatic carbocycles. The summed E-state index contributed by atoms with van der Waals surface area (Å²) in [5.74, 6) is 0.701. The second kappa shape index (κ2) is 2.26. The summed E-state index contributed by atoms with van der Waals surface area (Å²) in [5, 5.41) is 5.83. The van der Waals surface area contributed by atoms with Crippen molar-refractivity contribution in [1.29, 1.82) is 0 Å². The monoisotopic (exact) mass is 151 g/mol. The Morgan fingerprint density at radius 2 is 2.45 bits per heavy atom. The number of hydrogen-bond acceptors (Lipinski definition) is 4. The van der Waals surface area contributed by atoms with Gasteiger partial charge in [0.05, 0.1) is 12.9 Å². The lowest BCUT2D eigenvalue weighted by Gasteiger charge is -2.16. The minimum Gasteiger partial charge on any atom is -0.371 e. The SMILES string of the molecule is O=c1nc[nH]c2c1N[CH]CN2. The molecule has 5 heteroatoms. The Labute approximate surface area is 62.9 Å². The molecule has 1 aliphatic rings. The Morgan fingerprint density at radius 3 is 3.27 bits per heavy atom. The Hall–Kier alpha value is -1.52. The van der Waals surface area contributed by atoms with Crippen LogP contribution in [0.2, 0.25) is 0 Å². The van der Waals surface area contributed by atoms with Crippen molar-refractivity contribution in [3.05, 3.63) is 23.2 Å². The van der Waals surface area contributed by atoms with E-state index < -0.39 is 0 Å². The highest BCUT2D eigenvalue weighted by Crippen LogP contribution is 2.15. The van der Waals surface area contributed by atoms with Gasteiger partial charge in [-0.2, -0.15) is 4.98 Å². The van der Waals surface area contributed by atoms with Crippen molar-refractivity contribution in [2.75, 3.05) is 17.2 Å². The number of anilines is 2. The lowest BCUT2D eigenvalue weighted by molar-refractivity contribution is 1.05. The molecule has 0 fully saturated rings. The van der Waals surface area contributed by atoms with Crippen molar-refractivity contribution in [2.24, 2.45) is 0 Å². The van der Waals surface area contributed by atoms with Gasteiger partial charge in [0.25, 0.3) is 5.56 Å². The number of rotatable bonds is 0. The van der Waals surface area contributed by atoms with E-state index in [-0.39, 0.29) is 5.56 Å². The van der Waals surface area contributed by atoms with E-state index >= 15 is 0 Å². The third-order valence-corrected chi connectivity index (χ3v) is 1.48. The van der Waals surface area contributed by atoms with Crippen molar-refractivity contribution < 1.29 is 0 Å². The first-order valence-corrected chi connectivity index (χ1v) is 3.28. The maximum Gasteiger partial charge on any atom is 0.298 e. The van der Waals surface area contributed by atoms with Crippen LogP contribution in [0.4, 0.5) is 11.5 Å². The summed E-state index contributed by atoms with van der Waals surface area (Å²) in [6, 6.07) is 0. The third kappa shape index (κ3) is 0.938. The molecule has 1 radical (unpaired) electrons. The van der Waals surface area contributed by atoms with Gasteiger partial charge < -0.3 is 15.6 Å². The molecule has 2 heterocycles. The van der Waals surface area contributed by atoms with E-state index in [2.05, 4.69) is 20.6 Å². The fourth-order valence-electron chi connectivity index (χ4n) is 0.979. The molecule has 3 N–H and O–H groups in total. The smallest absolute Gasteiger partial charge is 0.298 e. The average molecular weight is 151 g/mol. The molecule has 0 amide bonds. The summed E-state index contributed by atoms with van der Waals surface area (Å²) in [6.07, 6.45) is 1.38. The summed E-state index contributed by atoms with van der Waals surface area (Å²) < 4.78 is 0. The van der Waals surface area contributed by atoms with Crippen molar-refractivity contribution in [1.82, 2.24) is 9.97 Å². The fourth-order valence-corrected chi connectivity index (χ4v) is 0.979. The highest BCUT2D eigenvalue weighted by Gasteiger charge is 2.10. The highest BCUT2D eigenvalue weighted by atomic mass is 16.1. The minimum absolute atomic E-state index is 0.248. The van der Waals surface area contributed by atoms with E-state index in [1.807, 2.05) is 0 Å². The van der Waals surface area contributed by atoms with Crippen molar-refractivity contribution in [3.63, 3.8) is 0 Å². The van der Waals surface area contributed by atoms with Crippen LogP contribution < -0.4 is 16.2 Å². The third-order valence-electron chi connectivity index (χ3n) is 1.48. The van der Waals surface area contributed by atoms with Gasteiger partial charge in [-0.3, -0.25) is 4.79 Å². The first kappa shape index (κ1) is 6.21. The summed E-state index contributed by atoms with van der Waals surface area (Å²) in [4.78, 5) is 17.4. The average Bonchev–Trinajstić information content (AvgIpc) is 2.06. The van der Waals surface area contributed by atoms with Gasteiger partial charge in [0.2, 0.25) is 0 Å². The van der Waals surface area contributed by atoms with E-state index in [1.54, 1.807) is 6.54 Å². The Bertz CT molecular complexity index is 319. The normalized spacial score (nSPS) is 14.5. The van der Waals surface area contributed by atoms with E-state index in [1.165, 1.54) is 6.33 Å². The zero-order valence-corrected chi connectivity index (χ0v) is 5.72. The van der Waals surface area contributed by atoms with Crippen molar-refractivity contribution in [3.8, 4) is 0 Å². The second-order valence-electron chi connectivity index (χ2n) is 2.19. The van der Waals surface area contributed by atoms with Crippen LogP contribution in [0.15, 0.2) is 11.1 Å². The number of fused-ring (bicyclic) bond motifs is 1. The van der Waals surface area contributed by atoms with Crippen LogP contribution in [-0.2, 0) is 0 Å². The van der Waals surface area contributed by atoms with Gasteiger partial charge in [0.15, 0.2) is 0 Å². The molecule has 1 aromatic rings. The quantitative estimate of drug-likeness (QED) is 0.479. The number of nitrogens with one attached hydrogen (secondary N) is 3. The second-order valence-corrected chi connectivity index (χ2v) is 2.19. The largest absolute Gasteiger partial charge is 0.371 e. The van der Waals surface area contributed by atoms with Crippen LogP contribution in [0.25, 0.3) is 0 Å². The maximum atomic E-state index is 11.0. The van der Waals surface area contributed by atoms with Crippen LogP contribution in [0.3, 0.4) is 0 Å².